The molecule has 1 amide bonds. The Bertz CT molecular complexity index is 994. The van der Waals surface area contributed by atoms with Crippen molar-refractivity contribution < 1.29 is 18.0 Å². The van der Waals surface area contributed by atoms with Gasteiger partial charge in [-0.25, -0.2) is 0 Å². The van der Waals surface area contributed by atoms with Gasteiger partial charge in [-0.3, -0.25) is 9.78 Å². The Labute approximate surface area is 167 Å². The van der Waals surface area contributed by atoms with E-state index in [4.69, 9.17) is 11.6 Å². The molecule has 0 aliphatic carbocycles. The van der Waals surface area contributed by atoms with Gasteiger partial charge in [0, 0.05) is 18.3 Å². The van der Waals surface area contributed by atoms with Gasteiger partial charge in [0.15, 0.2) is 11.0 Å². The highest BCUT2D eigenvalue weighted by molar-refractivity contribution is 7.99. The highest BCUT2D eigenvalue weighted by Crippen LogP contribution is 2.36. The zero-order valence-corrected chi connectivity index (χ0v) is 15.9. The number of rotatable bonds is 5. The molecule has 11 heteroatoms. The van der Waals surface area contributed by atoms with E-state index in [2.05, 4.69) is 20.5 Å². The SMILES string of the molecule is Cn1c(SCC(=O)Nc2ccc(Cl)cc2C(F)(F)F)nnc1-c1ccccn1. The number of benzene rings is 1. The maximum atomic E-state index is 13.1. The second kappa shape index (κ2) is 8.19. The van der Waals surface area contributed by atoms with Crippen LogP contribution in [-0.2, 0) is 18.0 Å². The average molecular weight is 428 g/mol. The molecule has 2 heterocycles. The van der Waals surface area contributed by atoms with Gasteiger partial charge in [-0.05, 0) is 30.3 Å². The molecule has 2 aromatic heterocycles. The number of anilines is 1. The van der Waals surface area contributed by atoms with E-state index in [9.17, 15) is 18.0 Å². The summed E-state index contributed by atoms with van der Waals surface area (Å²) in [7, 11) is 1.71. The molecular formula is C17H13ClF3N5OS. The second-order valence-electron chi connectivity index (χ2n) is 5.60. The lowest BCUT2D eigenvalue weighted by atomic mass is 10.1. The number of nitrogens with one attached hydrogen (secondary N) is 1. The Morgan fingerprint density at radius 3 is 2.71 bits per heavy atom. The van der Waals surface area contributed by atoms with E-state index in [0.29, 0.717) is 16.7 Å². The molecule has 0 radical (unpaired) electrons. The molecule has 0 aliphatic heterocycles. The summed E-state index contributed by atoms with van der Waals surface area (Å²) in [4.78, 5) is 16.3. The number of alkyl halides is 3. The van der Waals surface area contributed by atoms with Gasteiger partial charge in [0.2, 0.25) is 5.91 Å². The summed E-state index contributed by atoms with van der Waals surface area (Å²) in [6.45, 7) is 0. The van der Waals surface area contributed by atoms with Gasteiger partial charge in [0.25, 0.3) is 0 Å². The summed E-state index contributed by atoms with van der Waals surface area (Å²) < 4.78 is 41.0. The van der Waals surface area contributed by atoms with Crippen molar-refractivity contribution in [3.8, 4) is 11.5 Å². The lowest BCUT2D eigenvalue weighted by molar-refractivity contribution is -0.137. The fraction of sp³-hybridized carbons (Fsp3) is 0.176. The van der Waals surface area contributed by atoms with E-state index in [1.807, 2.05) is 6.07 Å². The number of nitrogens with zero attached hydrogens (tertiary/aromatic N) is 4. The molecule has 6 nitrogen and oxygen atoms in total. The van der Waals surface area contributed by atoms with Crippen molar-refractivity contribution in [3.63, 3.8) is 0 Å². The van der Waals surface area contributed by atoms with E-state index in [1.165, 1.54) is 6.07 Å². The summed E-state index contributed by atoms with van der Waals surface area (Å²) in [6.07, 6.45) is -3.02. The summed E-state index contributed by atoms with van der Waals surface area (Å²) in [5.41, 5.74) is -0.742. The van der Waals surface area contributed by atoms with Gasteiger partial charge in [0.1, 0.15) is 5.69 Å². The lowest BCUT2D eigenvalue weighted by Crippen LogP contribution is -2.18. The smallest absolute Gasteiger partial charge is 0.325 e. The van der Waals surface area contributed by atoms with Crippen LogP contribution < -0.4 is 5.32 Å². The number of carbonyl (C=O) groups is 1. The quantitative estimate of drug-likeness (QED) is 0.615. The first-order chi connectivity index (χ1) is 13.3. The first kappa shape index (κ1) is 20.2. The Balaban J connectivity index is 1.69. The van der Waals surface area contributed by atoms with E-state index >= 15 is 0 Å². The molecule has 0 aliphatic rings. The minimum atomic E-state index is -4.64. The molecular weight excluding hydrogens is 415 g/mol. The van der Waals surface area contributed by atoms with Crippen molar-refractivity contribution >= 4 is 35.0 Å². The zero-order valence-electron chi connectivity index (χ0n) is 14.4. The van der Waals surface area contributed by atoms with Crippen LogP contribution in [-0.4, -0.2) is 31.4 Å². The third kappa shape index (κ3) is 4.63. The maximum Gasteiger partial charge on any atom is 0.418 e. The number of carbonyl (C=O) groups excluding carboxylic acids is 1. The van der Waals surface area contributed by atoms with E-state index in [0.717, 1.165) is 23.9 Å². The third-order valence-electron chi connectivity index (χ3n) is 3.62. The van der Waals surface area contributed by atoms with Crippen LogP contribution in [0.15, 0.2) is 47.8 Å². The molecule has 0 fully saturated rings. The van der Waals surface area contributed by atoms with E-state index < -0.39 is 17.6 Å². The van der Waals surface area contributed by atoms with Gasteiger partial charge in [-0.2, -0.15) is 13.2 Å². The van der Waals surface area contributed by atoms with Gasteiger partial charge in [-0.1, -0.05) is 29.4 Å². The van der Waals surface area contributed by atoms with Crippen LogP contribution in [0.3, 0.4) is 0 Å². The lowest BCUT2D eigenvalue weighted by Gasteiger charge is -2.14. The van der Waals surface area contributed by atoms with Crippen LogP contribution in [0.4, 0.5) is 18.9 Å². The Morgan fingerprint density at radius 2 is 2.04 bits per heavy atom. The topological polar surface area (TPSA) is 72.7 Å². The molecule has 0 atom stereocenters. The fourth-order valence-electron chi connectivity index (χ4n) is 2.34. The zero-order chi connectivity index (χ0) is 20.3. The van der Waals surface area contributed by atoms with Crippen molar-refractivity contribution in [1.29, 1.82) is 0 Å². The molecule has 146 valence electrons. The van der Waals surface area contributed by atoms with E-state index in [1.54, 1.807) is 29.9 Å². The summed E-state index contributed by atoms with van der Waals surface area (Å²) in [5.74, 6) is -0.241. The van der Waals surface area contributed by atoms with Gasteiger partial charge < -0.3 is 9.88 Å². The summed E-state index contributed by atoms with van der Waals surface area (Å²) >= 11 is 6.68. The molecule has 0 saturated carbocycles. The number of hydrogen-bond donors (Lipinski definition) is 1. The van der Waals surface area contributed by atoms with Crippen molar-refractivity contribution in [2.45, 2.75) is 11.3 Å². The fourth-order valence-corrected chi connectivity index (χ4v) is 3.22. The van der Waals surface area contributed by atoms with Crippen molar-refractivity contribution in [2.75, 3.05) is 11.1 Å². The van der Waals surface area contributed by atoms with Crippen LogP contribution in [0.25, 0.3) is 11.5 Å². The Morgan fingerprint density at radius 1 is 1.25 bits per heavy atom. The molecule has 1 aromatic carbocycles. The maximum absolute atomic E-state index is 13.1. The number of hydrogen-bond acceptors (Lipinski definition) is 5. The highest BCUT2D eigenvalue weighted by Gasteiger charge is 2.34. The van der Waals surface area contributed by atoms with Gasteiger partial charge >= 0.3 is 6.18 Å². The molecule has 0 unspecified atom stereocenters. The van der Waals surface area contributed by atoms with Crippen LogP contribution in [0.5, 0.6) is 0 Å². The molecule has 0 saturated heterocycles. The standard InChI is InChI=1S/C17H13ClF3N5OS/c1-26-15(13-4-2-3-7-22-13)24-25-16(26)28-9-14(27)23-12-6-5-10(18)8-11(12)17(19,20)21/h2-8H,9H2,1H3,(H,23,27). The first-order valence-electron chi connectivity index (χ1n) is 7.86. The molecule has 3 rings (SSSR count). The minimum Gasteiger partial charge on any atom is -0.325 e. The molecule has 0 spiro atoms. The van der Waals surface area contributed by atoms with Crippen LogP contribution >= 0.6 is 23.4 Å². The van der Waals surface area contributed by atoms with Crippen LogP contribution in [0.2, 0.25) is 5.02 Å². The minimum absolute atomic E-state index is 0.0687. The largest absolute Gasteiger partial charge is 0.418 e. The molecule has 1 N–H and O–H groups in total. The number of pyridine rings is 1. The van der Waals surface area contributed by atoms with Gasteiger partial charge in [0.05, 0.1) is 17.0 Å². The van der Waals surface area contributed by atoms with Crippen LogP contribution in [0.1, 0.15) is 5.56 Å². The predicted octanol–water partition coefficient (Wildman–Crippen LogP) is 4.28. The first-order valence-corrected chi connectivity index (χ1v) is 9.22. The average Bonchev–Trinajstić information content (AvgIpc) is 3.02. The Kier molecular flexibility index (Phi) is 5.90. The molecule has 0 bridgehead atoms. The highest BCUT2D eigenvalue weighted by atomic mass is 35.5. The second-order valence-corrected chi connectivity index (χ2v) is 6.98. The van der Waals surface area contributed by atoms with E-state index in [-0.39, 0.29) is 16.5 Å². The number of amides is 1. The third-order valence-corrected chi connectivity index (χ3v) is 4.88. The monoisotopic (exact) mass is 427 g/mol. The van der Waals surface area contributed by atoms with Crippen molar-refractivity contribution in [2.24, 2.45) is 7.05 Å². The summed E-state index contributed by atoms with van der Waals surface area (Å²) in [5, 5.41) is 10.7. The van der Waals surface area contributed by atoms with Crippen molar-refractivity contribution in [3.05, 3.63) is 53.2 Å². The van der Waals surface area contributed by atoms with Crippen LogP contribution in [0, 0.1) is 0 Å². The molecule has 28 heavy (non-hydrogen) atoms. The predicted molar refractivity (Wildman–Crippen MR) is 100 cm³/mol. The van der Waals surface area contributed by atoms with Gasteiger partial charge in [-0.15, -0.1) is 10.2 Å². The molecule has 3 aromatic rings. The Hall–Kier alpha value is -2.59. The number of halogens is 4. The summed E-state index contributed by atoms with van der Waals surface area (Å²) in [6, 6.07) is 8.51. The van der Waals surface area contributed by atoms with Crippen molar-refractivity contribution in [1.82, 2.24) is 19.7 Å². The number of aromatic nitrogens is 4. The normalized spacial score (nSPS) is 11.5. The number of thioether (sulfide) groups is 1.